The summed E-state index contributed by atoms with van der Waals surface area (Å²) in [6.45, 7) is 1.61. The maximum absolute atomic E-state index is 12.0. The van der Waals surface area contributed by atoms with Crippen molar-refractivity contribution in [2.75, 3.05) is 5.32 Å². The SMILES string of the molecule is Cc1[nH]cc(NC(=O)c2ccncc2Cl)c1C(=O)O. The lowest BCUT2D eigenvalue weighted by Gasteiger charge is -2.05. The fraction of sp³-hybridized carbons (Fsp3) is 0.0833. The van der Waals surface area contributed by atoms with E-state index in [0.717, 1.165) is 0 Å². The van der Waals surface area contributed by atoms with Crippen molar-refractivity contribution in [3.8, 4) is 0 Å². The number of aromatic carboxylic acids is 1. The fourth-order valence-electron chi connectivity index (χ4n) is 1.65. The van der Waals surface area contributed by atoms with Crippen molar-refractivity contribution in [2.24, 2.45) is 0 Å². The van der Waals surface area contributed by atoms with E-state index in [0.29, 0.717) is 5.69 Å². The summed E-state index contributed by atoms with van der Waals surface area (Å²) in [5, 5.41) is 11.8. The van der Waals surface area contributed by atoms with E-state index >= 15 is 0 Å². The molecular weight excluding hydrogens is 270 g/mol. The van der Waals surface area contributed by atoms with Gasteiger partial charge in [-0.2, -0.15) is 0 Å². The Hall–Kier alpha value is -2.34. The smallest absolute Gasteiger partial charge is 0.339 e. The molecule has 2 aromatic heterocycles. The number of anilines is 1. The van der Waals surface area contributed by atoms with Crippen LogP contribution in [-0.4, -0.2) is 27.0 Å². The number of H-pyrrole nitrogens is 1. The molecule has 7 heteroatoms. The molecule has 1 amide bonds. The van der Waals surface area contributed by atoms with Gasteiger partial charge in [0.05, 0.1) is 16.3 Å². The molecule has 98 valence electrons. The summed E-state index contributed by atoms with van der Waals surface area (Å²) in [4.78, 5) is 29.6. The number of nitrogens with zero attached hydrogens (tertiary/aromatic N) is 1. The van der Waals surface area contributed by atoms with E-state index in [1.54, 1.807) is 6.92 Å². The second-order valence-electron chi connectivity index (χ2n) is 3.82. The molecule has 2 aromatic rings. The number of aryl methyl sites for hydroxylation is 1. The lowest BCUT2D eigenvalue weighted by atomic mass is 10.2. The van der Waals surface area contributed by atoms with Crippen molar-refractivity contribution in [1.29, 1.82) is 0 Å². The Morgan fingerprint density at radius 2 is 2.21 bits per heavy atom. The standard InChI is InChI=1S/C12H10ClN3O3/c1-6-10(12(18)19)9(5-15-6)16-11(17)7-2-3-14-4-8(7)13/h2-5,15H,1H3,(H,16,17)(H,18,19). The number of pyridine rings is 1. The number of aromatic nitrogens is 2. The van der Waals surface area contributed by atoms with Crippen LogP contribution in [0.4, 0.5) is 5.69 Å². The number of carboxylic acids is 1. The number of aromatic amines is 1. The first-order valence-electron chi connectivity index (χ1n) is 5.33. The molecule has 0 aromatic carbocycles. The van der Waals surface area contributed by atoms with Crippen LogP contribution >= 0.6 is 11.6 Å². The van der Waals surface area contributed by atoms with Gasteiger partial charge in [-0.1, -0.05) is 11.6 Å². The molecule has 19 heavy (non-hydrogen) atoms. The van der Waals surface area contributed by atoms with Crippen molar-refractivity contribution in [3.05, 3.63) is 46.5 Å². The van der Waals surface area contributed by atoms with Crippen molar-refractivity contribution in [2.45, 2.75) is 6.92 Å². The highest BCUT2D eigenvalue weighted by atomic mass is 35.5. The van der Waals surface area contributed by atoms with Gasteiger partial charge >= 0.3 is 5.97 Å². The topological polar surface area (TPSA) is 95.1 Å². The summed E-state index contributed by atoms with van der Waals surface area (Å²) >= 11 is 5.85. The summed E-state index contributed by atoms with van der Waals surface area (Å²) < 4.78 is 0. The van der Waals surface area contributed by atoms with E-state index in [2.05, 4.69) is 15.3 Å². The minimum Gasteiger partial charge on any atom is -0.478 e. The second-order valence-corrected chi connectivity index (χ2v) is 4.22. The van der Waals surface area contributed by atoms with Gasteiger partial charge in [0, 0.05) is 24.3 Å². The molecule has 0 aliphatic heterocycles. The number of rotatable bonds is 3. The van der Waals surface area contributed by atoms with Crippen LogP contribution in [0.5, 0.6) is 0 Å². The third-order valence-corrected chi connectivity index (χ3v) is 2.86. The van der Waals surface area contributed by atoms with Gasteiger partial charge in [-0.25, -0.2) is 4.79 Å². The second kappa shape index (κ2) is 5.11. The van der Waals surface area contributed by atoms with Crippen LogP contribution in [0.2, 0.25) is 5.02 Å². The normalized spacial score (nSPS) is 10.2. The van der Waals surface area contributed by atoms with Crippen LogP contribution in [0, 0.1) is 6.92 Å². The molecule has 0 unspecified atom stereocenters. The highest BCUT2D eigenvalue weighted by Gasteiger charge is 2.18. The van der Waals surface area contributed by atoms with Gasteiger partial charge < -0.3 is 15.4 Å². The number of halogens is 1. The molecule has 0 bridgehead atoms. The van der Waals surface area contributed by atoms with Crippen LogP contribution < -0.4 is 5.32 Å². The fourth-order valence-corrected chi connectivity index (χ4v) is 1.86. The van der Waals surface area contributed by atoms with Crippen molar-refractivity contribution in [1.82, 2.24) is 9.97 Å². The third-order valence-electron chi connectivity index (χ3n) is 2.56. The molecule has 0 aliphatic rings. The summed E-state index contributed by atoms with van der Waals surface area (Å²) in [7, 11) is 0. The molecule has 0 aliphatic carbocycles. The Bertz CT molecular complexity index is 651. The lowest BCUT2D eigenvalue weighted by molar-refractivity contribution is 0.0697. The first-order chi connectivity index (χ1) is 9.00. The molecule has 0 saturated carbocycles. The van der Waals surface area contributed by atoms with E-state index in [1.807, 2.05) is 0 Å². The summed E-state index contributed by atoms with van der Waals surface area (Å²) in [6, 6.07) is 1.46. The van der Waals surface area contributed by atoms with Crippen LogP contribution in [0.15, 0.2) is 24.7 Å². The Balaban J connectivity index is 2.30. The Morgan fingerprint density at radius 3 is 2.84 bits per heavy atom. The van der Waals surface area contributed by atoms with Crippen LogP contribution in [0.25, 0.3) is 0 Å². The van der Waals surface area contributed by atoms with E-state index in [1.165, 1.54) is 24.7 Å². The molecule has 0 spiro atoms. The first-order valence-corrected chi connectivity index (χ1v) is 5.70. The zero-order valence-corrected chi connectivity index (χ0v) is 10.7. The zero-order chi connectivity index (χ0) is 14.0. The Kier molecular flexibility index (Phi) is 3.52. The molecule has 6 nitrogen and oxygen atoms in total. The number of nitrogens with one attached hydrogen (secondary N) is 2. The van der Waals surface area contributed by atoms with E-state index in [9.17, 15) is 9.59 Å². The van der Waals surface area contributed by atoms with Crippen LogP contribution in [0.3, 0.4) is 0 Å². The predicted molar refractivity (Wildman–Crippen MR) is 69.7 cm³/mol. The van der Waals surface area contributed by atoms with Gasteiger partial charge in [-0.15, -0.1) is 0 Å². The average Bonchev–Trinajstić information content (AvgIpc) is 2.70. The monoisotopic (exact) mass is 279 g/mol. The minimum absolute atomic E-state index is 0.0264. The maximum Gasteiger partial charge on any atom is 0.339 e. The first kappa shape index (κ1) is 13.1. The Morgan fingerprint density at radius 1 is 1.47 bits per heavy atom. The van der Waals surface area contributed by atoms with E-state index in [4.69, 9.17) is 16.7 Å². The van der Waals surface area contributed by atoms with Gasteiger partial charge in [0.1, 0.15) is 5.56 Å². The highest BCUT2D eigenvalue weighted by molar-refractivity contribution is 6.34. The number of hydrogen-bond acceptors (Lipinski definition) is 3. The van der Waals surface area contributed by atoms with Gasteiger partial charge in [-0.3, -0.25) is 9.78 Å². The summed E-state index contributed by atoms with van der Waals surface area (Å²) in [5.74, 6) is -1.61. The summed E-state index contributed by atoms with van der Waals surface area (Å²) in [5.41, 5.74) is 0.914. The maximum atomic E-state index is 12.0. The molecule has 2 rings (SSSR count). The summed E-state index contributed by atoms with van der Waals surface area (Å²) in [6.07, 6.45) is 4.20. The van der Waals surface area contributed by atoms with E-state index in [-0.39, 0.29) is 21.8 Å². The minimum atomic E-state index is -1.12. The van der Waals surface area contributed by atoms with Crippen LogP contribution in [0.1, 0.15) is 26.4 Å². The molecule has 2 heterocycles. The van der Waals surface area contributed by atoms with E-state index < -0.39 is 11.9 Å². The predicted octanol–water partition coefficient (Wildman–Crippen LogP) is 2.32. The van der Waals surface area contributed by atoms with Gasteiger partial charge in [0.15, 0.2) is 0 Å². The van der Waals surface area contributed by atoms with Gasteiger partial charge in [0.25, 0.3) is 5.91 Å². The number of amides is 1. The largest absolute Gasteiger partial charge is 0.478 e. The van der Waals surface area contributed by atoms with Gasteiger partial charge in [-0.05, 0) is 13.0 Å². The third kappa shape index (κ3) is 2.58. The lowest BCUT2D eigenvalue weighted by Crippen LogP contribution is -2.14. The molecular formula is C12H10ClN3O3. The number of carboxylic acid groups (broad SMARTS) is 1. The molecule has 0 atom stereocenters. The number of hydrogen-bond donors (Lipinski definition) is 3. The molecule has 0 fully saturated rings. The zero-order valence-electron chi connectivity index (χ0n) is 9.90. The number of carbonyl (C=O) groups excluding carboxylic acids is 1. The molecule has 3 N–H and O–H groups in total. The Labute approximate surface area is 113 Å². The molecule has 0 saturated heterocycles. The van der Waals surface area contributed by atoms with Gasteiger partial charge in [0.2, 0.25) is 0 Å². The van der Waals surface area contributed by atoms with Crippen molar-refractivity contribution in [3.63, 3.8) is 0 Å². The van der Waals surface area contributed by atoms with Crippen LogP contribution in [-0.2, 0) is 0 Å². The van der Waals surface area contributed by atoms with Crippen molar-refractivity contribution >= 4 is 29.2 Å². The van der Waals surface area contributed by atoms with Crippen molar-refractivity contribution < 1.29 is 14.7 Å². The quantitative estimate of drug-likeness (QED) is 0.803. The highest BCUT2D eigenvalue weighted by Crippen LogP contribution is 2.21. The molecule has 0 radical (unpaired) electrons. The number of carbonyl (C=O) groups is 2. The average molecular weight is 280 g/mol.